The number of benzene rings is 2. The smallest absolute Gasteiger partial charge is 0.119 e. The van der Waals surface area contributed by atoms with Crippen molar-refractivity contribution in [1.82, 2.24) is 0 Å². The van der Waals surface area contributed by atoms with Crippen LogP contribution in [-0.4, -0.2) is 18.3 Å². The average Bonchev–Trinajstić information content (AvgIpc) is 2.99. The summed E-state index contributed by atoms with van der Waals surface area (Å²) in [5, 5.41) is 11.3. The van der Waals surface area contributed by atoms with Crippen molar-refractivity contribution in [3.8, 4) is 5.75 Å². The fourth-order valence-corrected chi connectivity index (χ4v) is 6.45. The van der Waals surface area contributed by atoms with Gasteiger partial charge in [0.25, 0.3) is 0 Å². The molecule has 28 heavy (non-hydrogen) atoms. The van der Waals surface area contributed by atoms with Gasteiger partial charge in [-0.05, 0) is 84.3 Å². The molecule has 0 heterocycles. The molecule has 0 amide bonds. The largest absolute Gasteiger partial charge is 0.497 e. The number of hydrogen-bond donors (Lipinski definition) is 1. The van der Waals surface area contributed by atoms with Crippen LogP contribution >= 0.6 is 0 Å². The molecule has 2 heteroatoms. The molecule has 146 valence electrons. The normalized spacial score (nSPS) is 35.2. The van der Waals surface area contributed by atoms with Gasteiger partial charge in [0.05, 0.1) is 13.2 Å². The number of aryl methyl sites for hydroxylation is 1. The summed E-state index contributed by atoms with van der Waals surface area (Å²) in [4.78, 5) is 0. The minimum atomic E-state index is -0.309. The Morgan fingerprint density at radius 2 is 1.93 bits per heavy atom. The topological polar surface area (TPSA) is 29.5 Å². The molecule has 2 aromatic rings. The van der Waals surface area contributed by atoms with E-state index in [9.17, 15) is 5.11 Å². The highest BCUT2D eigenvalue weighted by Crippen LogP contribution is 2.62. The zero-order chi connectivity index (χ0) is 19.3. The summed E-state index contributed by atoms with van der Waals surface area (Å²) in [6, 6.07) is 17.1. The molecule has 0 aromatic heterocycles. The van der Waals surface area contributed by atoms with Gasteiger partial charge in [-0.3, -0.25) is 0 Å². The third kappa shape index (κ3) is 2.73. The average molecular weight is 375 g/mol. The van der Waals surface area contributed by atoms with Gasteiger partial charge in [0, 0.05) is 5.41 Å². The van der Waals surface area contributed by atoms with Crippen molar-refractivity contribution in [2.24, 2.45) is 17.3 Å². The molecule has 0 bridgehead atoms. The number of methoxy groups -OCH3 is 1. The second-order valence-electron chi connectivity index (χ2n) is 9.26. The molecule has 1 N–H and O–H groups in total. The lowest BCUT2D eigenvalue weighted by Gasteiger charge is -2.49. The van der Waals surface area contributed by atoms with Crippen molar-refractivity contribution in [3.63, 3.8) is 0 Å². The molecule has 0 spiro atoms. The van der Waals surface area contributed by atoms with Crippen LogP contribution < -0.4 is 4.74 Å². The Balaban J connectivity index is 1.47. The second kappa shape index (κ2) is 6.77. The van der Waals surface area contributed by atoms with Gasteiger partial charge in [-0.25, -0.2) is 0 Å². The van der Waals surface area contributed by atoms with E-state index < -0.39 is 0 Å². The zero-order valence-corrected chi connectivity index (χ0v) is 16.9. The van der Waals surface area contributed by atoms with Crippen molar-refractivity contribution < 1.29 is 9.84 Å². The fraction of sp³-hybridized carbons (Fsp3) is 0.462. The van der Waals surface area contributed by atoms with E-state index in [0.29, 0.717) is 17.8 Å². The molecule has 0 saturated heterocycles. The number of aliphatic hydroxyl groups excluding tert-OH is 1. The Morgan fingerprint density at radius 1 is 1.11 bits per heavy atom. The lowest BCUT2D eigenvalue weighted by atomic mass is 9.55. The summed E-state index contributed by atoms with van der Waals surface area (Å²) in [6.07, 6.45) is 7.63. The van der Waals surface area contributed by atoms with Crippen LogP contribution in [0.2, 0.25) is 0 Å². The number of fused-ring (bicyclic) bond motifs is 5. The lowest BCUT2D eigenvalue weighted by Crippen LogP contribution is -2.44. The Hall–Kier alpha value is -2.06. The molecule has 3 aliphatic carbocycles. The predicted molar refractivity (Wildman–Crippen MR) is 113 cm³/mol. The van der Waals surface area contributed by atoms with Gasteiger partial charge in [-0.1, -0.05) is 49.4 Å². The van der Waals surface area contributed by atoms with E-state index in [1.807, 2.05) is 6.07 Å². The van der Waals surface area contributed by atoms with Crippen LogP contribution in [0, 0.1) is 17.3 Å². The molecule has 2 fully saturated rings. The SMILES string of the molecule is COc1ccc2c(c1)CC[C@H]1[C@@H]2CC[C@@]2(C)[C@@H](O)/C(=C/c3ccccc3)C[C@@H]12. The number of ether oxygens (including phenoxy) is 1. The predicted octanol–water partition coefficient (Wildman–Crippen LogP) is 5.61. The number of rotatable bonds is 2. The van der Waals surface area contributed by atoms with Crippen LogP contribution in [0.25, 0.3) is 6.08 Å². The summed E-state index contributed by atoms with van der Waals surface area (Å²) < 4.78 is 5.45. The quantitative estimate of drug-likeness (QED) is 0.741. The molecule has 5 atom stereocenters. The van der Waals surface area contributed by atoms with Crippen molar-refractivity contribution in [2.75, 3.05) is 7.11 Å². The van der Waals surface area contributed by atoms with E-state index in [0.717, 1.165) is 25.0 Å². The molecular formula is C26H30O2. The van der Waals surface area contributed by atoms with Crippen LogP contribution in [0.15, 0.2) is 54.1 Å². The van der Waals surface area contributed by atoms with E-state index in [1.54, 1.807) is 7.11 Å². The fourth-order valence-electron chi connectivity index (χ4n) is 6.45. The van der Waals surface area contributed by atoms with Crippen molar-refractivity contribution in [1.29, 1.82) is 0 Å². The standard InChI is InChI=1S/C26H30O2/c1-26-13-12-22-21-11-9-20(28-2)15-18(21)8-10-23(22)24(26)16-19(25(26)27)14-17-6-4-3-5-7-17/h3-7,9,11,14-15,22-25,27H,8,10,12-13,16H2,1-2H3/b19-14+/t22-,23+,24+,25+,26-/m1/s1. The second-order valence-corrected chi connectivity index (χ2v) is 9.26. The highest BCUT2D eigenvalue weighted by Gasteiger charge is 2.56. The molecule has 0 unspecified atom stereocenters. The minimum Gasteiger partial charge on any atom is -0.497 e. The van der Waals surface area contributed by atoms with Crippen LogP contribution in [0.5, 0.6) is 5.75 Å². The van der Waals surface area contributed by atoms with E-state index in [2.05, 4.69) is 55.5 Å². The van der Waals surface area contributed by atoms with Crippen LogP contribution in [0.3, 0.4) is 0 Å². The zero-order valence-electron chi connectivity index (χ0n) is 16.9. The molecule has 0 aliphatic heterocycles. The molecule has 3 aliphatic rings. The molecule has 5 rings (SSSR count). The van der Waals surface area contributed by atoms with Crippen LogP contribution in [0.1, 0.15) is 55.2 Å². The summed E-state index contributed by atoms with van der Waals surface area (Å²) >= 11 is 0. The van der Waals surface area contributed by atoms with E-state index in [-0.39, 0.29) is 11.5 Å². The third-order valence-electron chi connectivity index (χ3n) is 7.95. The van der Waals surface area contributed by atoms with Gasteiger partial charge >= 0.3 is 0 Å². The lowest BCUT2D eigenvalue weighted by molar-refractivity contribution is -0.0158. The first kappa shape index (κ1) is 18.0. The minimum absolute atomic E-state index is 0.0196. The highest BCUT2D eigenvalue weighted by atomic mass is 16.5. The molecule has 0 radical (unpaired) electrons. The first-order valence-electron chi connectivity index (χ1n) is 10.7. The monoisotopic (exact) mass is 374 g/mol. The van der Waals surface area contributed by atoms with Gasteiger partial charge in [0.15, 0.2) is 0 Å². The number of aliphatic hydroxyl groups is 1. The van der Waals surface area contributed by atoms with Crippen LogP contribution in [0.4, 0.5) is 0 Å². The summed E-state index contributed by atoms with van der Waals surface area (Å²) in [6.45, 7) is 2.34. The van der Waals surface area contributed by atoms with E-state index in [1.165, 1.54) is 35.1 Å². The van der Waals surface area contributed by atoms with Crippen molar-refractivity contribution >= 4 is 6.08 Å². The van der Waals surface area contributed by atoms with Gasteiger partial charge in [-0.2, -0.15) is 0 Å². The Bertz CT molecular complexity index is 900. The molecule has 2 nitrogen and oxygen atoms in total. The maximum atomic E-state index is 11.3. The number of hydrogen-bond acceptors (Lipinski definition) is 2. The van der Waals surface area contributed by atoms with Crippen molar-refractivity contribution in [2.45, 2.75) is 51.0 Å². The van der Waals surface area contributed by atoms with Crippen molar-refractivity contribution in [3.05, 3.63) is 70.8 Å². The first-order chi connectivity index (χ1) is 13.6. The molecule has 2 saturated carbocycles. The molecule has 2 aromatic carbocycles. The maximum Gasteiger partial charge on any atom is 0.119 e. The van der Waals surface area contributed by atoms with E-state index in [4.69, 9.17) is 4.74 Å². The Labute approximate surface area is 168 Å². The Kier molecular flexibility index (Phi) is 4.35. The summed E-state index contributed by atoms with van der Waals surface area (Å²) in [5.74, 6) is 2.86. The first-order valence-corrected chi connectivity index (χ1v) is 10.7. The Morgan fingerprint density at radius 3 is 2.71 bits per heavy atom. The molecular weight excluding hydrogens is 344 g/mol. The van der Waals surface area contributed by atoms with Gasteiger partial charge < -0.3 is 9.84 Å². The van der Waals surface area contributed by atoms with Crippen LogP contribution in [-0.2, 0) is 6.42 Å². The third-order valence-corrected chi connectivity index (χ3v) is 7.95. The highest BCUT2D eigenvalue weighted by molar-refractivity contribution is 5.55. The van der Waals surface area contributed by atoms with E-state index >= 15 is 0 Å². The van der Waals surface area contributed by atoms with Gasteiger partial charge in [0.1, 0.15) is 5.75 Å². The maximum absolute atomic E-state index is 11.3. The van der Waals surface area contributed by atoms with Gasteiger partial charge in [-0.15, -0.1) is 0 Å². The van der Waals surface area contributed by atoms with Gasteiger partial charge in [0.2, 0.25) is 0 Å². The summed E-state index contributed by atoms with van der Waals surface area (Å²) in [7, 11) is 1.75. The summed E-state index contributed by atoms with van der Waals surface area (Å²) in [5.41, 5.74) is 5.47.